The highest BCUT2D eigenvalue weighted by atomic mass is 32.1. The van der Waals surface area contributed by atoms with E-state index in [2.05, 4.69) is 45.8 Å². The minimum Gasteiger partial charge on any atom is -0.352 e. The molecule has 0 saturated heterocycles. The van der Waals surface area contributed by atoms with Crippen LogP contribution in [0, 0.1) is 0 Å². The zero-order valence-electron chi connectivity index (χ0n) is 14.4. The number of rotatable bonds is 5. The molecule has 2 aromatic heterocycles. The highest BCUT2D eigenvalue weighted by Gasteiger charge is 2.18. The van der Waals surface area contributed by atoms with Gasteiger partial charge in [0.05, 0.1) is 5.01 Å². The number of amides is 1. The van der Waals surface area contributed by atoms with Crippen molar-refractivity contribution in [1.29, 1.82) is 0 Å². The summed E-state index contributed by atoms with van der Waals surface area (Å²) < 4.78 is 2.16. The highest BCUT2D eigenvalue weighted by Crippen LogP contribution is 2.27. The summed E-state index contributed by atoms with van der Waals surface area (Å²) in [5.41, 5.74) is 0.0392. The lowest BCUT2D eigenvalue weighted by molar-refractivity contribution is -0.116. The lowest BCUT2D eigenvalue weighted by Gasteiger charge is -2.13. The van der Waals surface area contributed by atoms with E-state index < -0.39 is 0 Å². The third-order valence-electron chi connectivity index (χ3n) is 3.90. The molecule has 0 bridgehead atoms. The fourth-order valence-electron chi connectivity index (χ4n) is 2.62. The van der Waals surface area contributed by atoms with Gasteiger partial charge in [0.2, 0.25) is 5.91 Å². The van der Waals surface area contributed by atoms with Crippen LogP contribution in [0.5, 0.6) is 0 Å². The van der Waals surface area contributed by atoms with Crippen molar-refractivity contribution in [3.8, 4) is 0 Å². The van der Waals surface area contributed by atoms with Gasteiger partial charge in [-0.15, -0.1) is 21.5 Å². The van der Waals surface area contributed by atoms with Crippen LogP contribution in [0.25, 0.3) is 6.08 Å². The van der Waals surface area contributed by atoms with Crippen LogP contribution in [0.4, 0.5) is 0 Å². The average molecular weight is 345 g/mol. The van der Waals surface area contributed by atoms with E-state index in [1.54, 1.807) is 17.4 Å². The molecule has 0 aromatic carbocycles. The molecule has 24 heavy (non-hydrogen) atoms. The standard InChI is InChI=1S/C17H23N5OS/c1-17(2,3)16-19-11-12(24-16)6-7-15(23)18-9-8-14-21-20-13-5-4-10-22(13)14/h6-7,11H,4-5,8-10H2,1-3H3,(H,18,23)/b7-6+. The number of carbonyl (C=O) groups excluding carboxylic acids is 1. The summed E-state index contributed by atoms with van der Waals surface area (Å²) in [6.45, 7) is 7.96. The predicted octanol–water partition coefficient (Wildman–Crippen LogP) is 2.35. The Morgan fingerprint density at radius 3 is 3.00 bits per heavy atom. The van der Waals surface area contributed by atoms with Crippen LogP contribution in [0.15, 0.2) is 12.3 Å². The number of carbonyl (C=O) groups is 1. The van der Waals surface area contributed by atoms with Gasteiger partial charge in [0.25, 0.3) is 0 Å². The fourth-order valence-corrected chi connectivity index (χ4v) is 3.50. The maximum Gasteiger partial charge on any atom is 0.244 e. The van der Waals surface area contributed by atoms with Gasteiger partial charge < -0.3 is 9.88 Å². The lowest BCUT2D eigenvalue weighted by atomic mass is 9.98. The molecule has 0 fully saturated rings. The minimum atomic E-state index is -0.0955. The zero-order valence-corrected chi connectivity index (χ0v) is 15.2. The van der Waals surface area contributed by atoms with Gasteiger partial charge in [-0.05, 0) is 12.5 Å². The maximum atomic E-state index is 11.9. The Morgan fingerprint density at radius 1 is 1.42 bits per heavy atom. The van der Waals surface area contributed by atoms with Crippen molar-refractivity contribution in [2.24, 2.45) is 0 Å². The summed E-state index contributed by atoms with van der Waals surface area (Å²) in [6.07, 6.45) is 8.05. The van der Waals surface area contributed by atoms with Crippen LogP contribution in [-0.4, -0.2) is 32.2 Å². The van der Waals surface area contributed by atoms with Crippen molar-refractivity contribution in [2.45, 2.75) is 52.0 Å². The van der Waals surface area contributed by atoms with E-state index in [-0.39, 0.29) is 11.3 Å². The summed E-state index contributed by atoms with van der Waals surface area (Å²) in [5.74, 6) is 1.93. The first kappa shape index (κ1) is 16.8. The number of hydrogen-bond donors (Lipinski definition) is 1. The quantitative estimate of drug-likeness (QED) is 0.844. The molecular weight excluding hydrogens is 322 g/mol. The Morgan fingerprint density at radius 2 is 2.25 bits per heavy atom. The monoisotopic (exact) mass is 345 g/mol. The number of aryl methyl sites for hydroxylation is 1. The summed E-state index contributed by atoms with van der Waals surface area (Å²) in [5, 5.41) is 12.3. The molecule has 7 heteroatoms. The van der Waals surface area contributed by atoms with Crippen molar-refractivity contribution < 1.29 is 4.79 Å². The molecule has 3 heterocycles. The second-order valence-corrected chi connectivity index (χ2v) is 8.04. The summed E-state index contributed by atoms with van der Waals surface area (Å²) >= 11 is 1.62. The number of nitrogens with one attached hydrogen (secondary N) is 1. The minimum absolute atomic E-state index is 0.0392. The summed E-state index contributed by atoms with van der Waals surface area (Å²) in [4.78, 5) is 17.3. The van der Waals surface area contributed by atoms with Crippen molar-refractivity contribution in [2.75, 3.05) is 6.54 Å². The maximum absolute atomic E-state index is 11.9. The van der Waals surface area contributed by atoms with E-state index in [1.165, 1.54) is 0 Å². The molecule has 0 unspecified atom stereocenters. The van der Waals surface area contributed by atoms with E-state index in [9.17, 15) is 4.79 Å². The first-order valence-corrected chi connectivity index (χ1v) is 9.08. The average Bonchev–Trinajstić information content (AvgIpc) is 3.22. The smallest absolute Gasteiger partial charge is 0.244 e. The second kappa shape index (κ2) is 6.84. The van der Waals surface area contributed by atoms with E-state index in [0.29, 0.717) is 13.0 Å². The van der Waals surface area contributed by atoms with Crippen molar-refractivity contribution >= 4 is 23.3 Å². The Balaban J connectivity index is 1.48. The van der Waals surface area contributed by atoms with Gasteiger partial charge in [-0.25, -0.2) is 4.98 Å². The molecule has 0 atom stereocenters. The number of thiazole rings is 1. The lowest BCUT2D eigenvalue weighted by Crippen LogP contribution is -2.24. The molecule has 6 nitrogen and oxygen atoms in total. The summed E-state index contributed by atoms with van der Waals surface area (Å²) in [7, 11) is 0. The van der Waals surface area contributed by atoms with Gasteiger partial charge in [-0.2, -0.15) is 0 Å². The Hall–Kier alpha value is -2.02. The van der Waals surface area contributed by atoms with Crippen LogP contribution >= 0.6 is 11.3 Å². The fraction of sp³-hybridized carbons (Fsp3) is 0.529. The van der Waals surface area contributed by atoms with Gasteiger partial charge in [0.15, 0.2) is 0 Å². The molecule has 0 saturated carbocycles. The van der Waals surface area contributed by atoms with Gasteiger partial charge in [0.1, 0.15) is 11.6 Å². The van der Waals surface area contributed by atoms with Gasteiger partial charge >= 0.3 is 0 Å². The molecule has 1 amide bonds. The van der Waals surface area contributed by atoms with Crippen molar-refractivity contribution in [3.05, 3.63) is 33.8 Å². The van der Waals surface area contributed by atoms with Crippen LogP contribution in [-0.2, 0) is 29.6 Å². The van der Waals surface area contributed by atoms with E-state index in [1.807, 2.05) is 12.3 Å². The highest BCUT2D eigenvalue weighted by molar-refractivity contribution is 7.12. The molecule has 1 aliphatic heterocycles. The van der Waals surface area contributed by atoms with E-state index >= 15 is 0 Å². The molecule has 2 aromatic rings. The first-order chi connectivity index (χ1) is 11.4. The molecule has 128 valence electrons. The first-order valence-electron chi connectivity index (χ1n) is 8.26. The molecule has 1 aliphatic rings. The van der Waals surface area contributed by atoms with Crippen LogP contribution in [0.3, 0.4) is 0 Å². The van der Waals surface area contributed by atoms with Crippen LogP contribution in [0.2, 0.25) is 0 Å². The molecule has 1 N–H and O–H groups in total. The van der Waals surface area contributed by atoms with Gasteiger partial charge in [0, 0.05) is 48.5 Å². The molecule has 0 aliphatic carbocycles. The van der Waals surface area contributed by atoms with Crippen molar-refractivity contribution in [3.63, 3.8) is 0 Å². The van der Waals surface area contributed by atoms with Gasteiger partial charge in [-0.1, -0.05) is 20.8 Å². The number of nitrogens with zero attached hydrogens (tertiary/aromatic N) is 4. The second-order valence-electron chi connectivity index (χ2n) is 6.98. The van der Waals surface area contributed by atoms with E-state index in [4.69, 9.17) is 0 Å². The molecule has 3 rings (SSSR count). The van der Waals surface area contributed by atoms with Crippen LogP contribution in [0.1, 0.15) is 48.7 Å². The Bertz CT molecular complexity index is 753. The topological polar surface area (TPSA) is 72.7 Å². The summed E-state index contributed by atoms with van der Waals surface area (Å²) in [6, 6.07) is 0. The van der Waals surface area contributed by atoms with E-state index in [0.717, 1.165) is 40.9 Å². The third kappa shape index (κ3) is 3.90. The Kier molecular flexibility index (Phi) is 4.80. The molecule has 0 radical (unpaired) electrons. The number of aromatic nitrogens is 4. The molecular formula is C17H23N5OS. The number of hydrogen-bond acceptors (Lipinski definition) is 5. The number of fused-ring (bicyclic) bond motifs is 1. The van der Waals surface area contributed by atoms with Crippen molar-refractivity contribution in [1.82, 2.24) is 25.1 Å². The SMILES string of the molecule is CC(C)(C)c1ncc(/C=C/C(=O)NCCc2nnc3n2CCC3)s1. The van der Waals surface area contributed by atoms with Crippen LogP contribution < -0.4 is 5.32 Å². The Labute approximate surface area is 146 Å². The predicted molar refractivity (Wildman–Crippen MR) is 94.9 cm³/mol. The molecule has 0 spiro atoms. The largest absolute Gasteiger partial charge is 0.352 e. The van der Waals surface area contributed by atoms with Gasteiger partial charge in [-0.3, -0.25) is 4.79 Å². The normalized spacial score (nSPS) is 14.3. The third-order valence-corrected chi connectivity index (χ3v) is 5.29. The zero-order chi connectivity index (χ0) is 17.2.